The minimum atomic E-state index is -0.234. The lowest BCUT2D eigenvalue weighted by Crippen LogP contribution is -2.20. The Morgan fingerprint density at radius 3 is 3.10 bits per heavy atom. The molecule has 0 unspecified atom stereocenters. The topological polar surface area (TPSA) is 35.5 Å². The molecule has 0 spiro atoms. The molecular weight excluding hydrogens is 284 g/mol. The number of hydrogen-bond donors (Lipinski definition) is 0. The number of para-hydroxylation sites is 1. The van der Waals surface area contributed by atoms with Gasteiger partial charge in [0.1, 0.15) is 11.9 Å². The van der Waals surface area contributed by atoms with E-state index < -0.39 is 0 Å². The number of esters is 1. The van der Waals surface area contributed by atoms with Gasteiger partial charge in [-0.05, 0) is 41.5 Å². The lowest BCUT2D eigenvalue weighted by molar-refractivity contribution is -0.137. The zero-order valence-electron chi connectivity index (χ0n) is 12.0. The van der Waals surface area contributed by atoms with Crippen molar-refractivity contribution in [3.05, 3.63) is 51.7 Å². The minimum absolute atomic E-state index is 0.157. The van der Waals surface area contributed by atoms with E-state index in [9.17, 15) is 4.79 Å². The van der Waals surface area contributed by atoms with Crippen molar-refractivity contribution in [1.82, 2.24) is 0 Å². The van der Waals surface area contributed by atoms with Crippen molar-refractivity contribution >= 4 is 17.3 Å². The molecule has 0 fully saturated rings. The van der Waals surface area contributed by atoms with Crippen molar-refractivity contribution in [2.75, 3.05) is 6.61 Å². The highest BCUT2D eigenvalue weighted by atomic mass is 32.1. The third kappa shape index (κ3) is 3.17. The van der Waals surface area contributed by atoms with Gasteiger partial charge in [0, 0.05) is 4.88 Å². The van der Waals surface area contributed by atoms with Gasteiger partial charge in [0.25, 0.3) is 0 Å². The van der Waals surface area contributed by atoms with E-state index in [1.54, 1.807) is 11.3 Å². The normalized spacial score (nSPS) is 17.3. The van der Waals surface area contributed by atoms with Crippen molar-refractivity contribution in [1.29, 1.82) is 0 Å². The van der Waals surface area contributed by atoms with Crippen LogP contribution in [0, 0.1) is 0 Å². The summed E-state index contributed by atoms with van der Waals surface area (Å²) >= 11 is 1.66. The molecule has 4 heteroatoms. The first-order chi connectivity index (χ1) is 10.3. The first-order valence-electron chi connectivity index (χ1n) is 7.24. The van der Waals surface area contributed by atoms with E-state index in [1.807, 2.05) is 24.3 Å². The molecule has 0 N–H and O–H groups in total. The van der Waals surface area contributed by atoms with Gasteiger partial charge >= 0.3 is 5.97 Å². The Bertz CT molecular complexity index is 632. The second-order valence-electron chi connectivity index (χ2n) is 5.06. The first kappa shape index (κ1) is 14.3. The molecule has 0 amide bonds. The number of benzene rings is 1. The fourth-order valence-electron chi connectivity index (χ4n) is 2.59. The Morgan fingerprint density at radius 2 is 2.24 bits per heavy atom. The summed E-state index contributed by atoms with van der Waals surface area (Å²) in [6.45, 7) is 2.72. The van der Waals surface area contributed by atoms with Crippen LogP contribution in [0.4, 0.5) is 0 Å². The lowest BCUT2D eigenvalue weighted by Gasteiger charge is -2.22. The molecule has 1 aliphatic heterocycles. The average Bonchev–Trinajstić information content (AvgIpc) is 2.97. The van der Waals surface area contributed by atoms with E-state index in [2.05, 4.69) is 18.4 Å². The maximum atomic E-state index is 12.2. The Morgan fingerprint density at radius 1 is 1.38 bits per heavy atom. The maximum absolute atomic E-state index is 12.2. The highest BCUT2D eigenvalue weighted by molar-refractivity contribution is 7.10. The van der Waals surface area contributed by atoms with Crippen LogP contribution < -0.4 is 4.74 Å². The Hall–Kier alpha value is -1.65. The average molecular weight is 302 g/mol. The third-order valence-electron chi connectivity index (χ3n) is 3.69. The Kier molecular flexibility index (Phi) is 4.36. The molecule has 0 bridgehead atoms. The van der Waals surface area contributed by atoms with Crippen LogP contribution in [0.1, 0.15) is 35.5 Å². The quantitative estimate of drug-likeness (QED) is 0.634. The number of hydrogen-bond acceptors (Lipinski definition) is 4. The van der Waals surface area contributed by atoms with Crippen LogP contribution >= 0.6 is 11.3 Å². The molecule has 1 aromatic carbocycles. The smallest absolute Gasteiger partial charge is 0.314 e. The van der Waals surface area contributed by atoms with Gasteiger partial charge in [0.2, 0.25) is 0 Å². The summed E-state index contributed by atoms with van der Waals surface area (Å²) in [6.07, 6.45) is 1.89. The van der Waals surface area contributed by atoms with Crippen molar-refractivity contribution in [3.63, 3.8) is 0 Å². The molecule has 3 nitrogen and oxygen atoms in total. The van der Waals surface area contributed by atoms with Gasteiger partial charge in [-0.2, -0.15) is 0 Å². The van der Waals surface area contributed by atoms with Gasteiger partial charge in [-0.25, -0.2) is 0 Å². The van der Waals surface area contributed by atoms with E-state index in [-0.39, 0.29) is 18.5 Å². The molecule has 1 atom stereocenters. The Labute approximate surface area is 128 Å². The third-order valence-corrected chi connectivity index (χ3v) is 4.74. The molecule has 0 saturated carbocycles. The number of aryl methyl sites for hydroxylation is 1. The number of thiophene rings is 1. The molecule has 21 heavy (non-hydrogen) atoms. The monoisotopic (exact) mass is 302 g/mol. The van der Waals surface area contributed by atoms with Crippen LogP contribution in [-0.4, -0.2) is 12.6 Å². The zero-order chi connectivity index (χ0) is 14.7. The van der Waals surface area contributed by atoms with E-state index in [0.29, 0.717) is 12.4 Å². The Balaban J connectivity index is 1.68. The van der Waals surface area contributed by atoms with E-state index in [1.165, 1.54) is 10.4 Å². The highest BCUT2D eigenvalue weighted by Crippen LogP contribution is 2.34. The van der Waals surface area contributed by atoms with Gasteiger partial charge in [-0.15, -0.1) is 11.3 Å². The zero-order valence-corrected chi connectivity index (χ0v) is 12.8. The van der Waals surface area contributed by atoms with E-state index in [4.69, 9.17) is 9.47 Å². The highest BCUT2D eigenvalue weighted by Gasteiger charge is 2.25. The number of carbonyl (C=O) groups is 1. The van der Waals surface area contributed by atoms with Gasteiger partial charge in [-0.1, -0.05) is 25.1 Å². The lowest BCUT2D eigenvalue weighted by atomic mass is 10.1. The summed E-state index contributed by atoms with van der Waals surface area (Å²) in [6, 6.07) is 9.79. The second kappa shape index (κ2) is 6.41. The van der Waals surface area contributed by atoms with Crippen molar-refractivity contribution in [3.8, 4) is 5.75 Å². The molecule has 110 valence electrons. The maximum Gasteiger partial charge on any atom is 0.314 e. The van der Waals surface area contributed by atoms with Crippen molar-refractivity contribution in [2.24, 2.45) is 0 Å². The summed E-state index contributed by atoms with van der Waals surface area (Å²) in [5.74, 6) is 0.425. The SMILES string of the molecule is CCc1ccccc1OC(=O)C[C@@H]1OCCc2ccsc21. The van der Waals surface area contributed by atoms with Crippen LogP contribution in [-0.2, 0) is 22.4 Å². The molecule has 0 radical (unpaired) electrons. The fourth-order valence-corrected chi connectivity index (χ4v) is 3.59. The molecule has 2 heterocycles. The molecule has 0 saturated heterocycles. The van der Waals surface area contributed by atoms with Crippen LogP contribution in [0.15, 0.2) is 35.7 Å². The molecular formula is C17H18O3S. The predicted molar refractivity (Wildman–Crippen MR) is 82.8 cm³/mol. The second-order valence-corrected chi connectivity index (χ2v) is 6.01. The summed E-state index contributed by atoms with van der Waals surface area (Å²) in [5.41, 5.74) is 2.35. The van der Waals surface area contributed by atoms with E-state index >= 15 is 0 Å². The number of carbonyl (C=O) groups excluding carboxylic acids is 1. The van der Waals surface area contributed by atoms with Gasteiger partial charge in [0.15, 0.2) is 0 Å². The van der Waals surface area contributed by atoms with Crippen LogP contribution in [0.2, 0.25) is 0 Å². The fraction of sp³-hybridized carbons (Fsp3) is 0.353. The van der Waals surface area contributed by atoms with Gasteiger partial charge in [-0.3, -0.25) is 4.79 Å². The summed E-state index contributed by atoms with van der Waals surface area (Å²) in [7, 11) is 0. The standard InChI is InChI=1S/C17H18O3S/c1-2-12-5-3-4-6-14(12)20-16(18)11-15-17-13(7-9-19-15)8-10-21-17/h3-6,8,10,15H,2,7,9,11H2,1H3/t15-/m0/s1. The minimum Gasteiger partial charge on any atom is -0.426 e. The number of rotatable bonds is 4. The molecule has 1 aromatic heterocycles. The largest absolute Gasteiger partial charge is 0.426 e. The molecule has 0 aliphatic carbocycles. The molecule has 3 rings (SSSR count). The predicted octanol–water partition coefficient (Wildman–Crippen LogP) is 3.92. The van der Waals surface area contributed by atoms with Gasteiger partial charge in [0.05, 0.1) is 13.0 Å². The molecule has 1 aliphatic rings. The van der Waals surface area contributed by atoms with Crippen LogP contribution in [0.3, 0.4) is 0 Å². The molecule has 2 aromatic rings. The van der Waals surface area contributed by atoms with Crippen molar-refractivity contribution in [2.45, 2.75) is 32.3 Å². The number of fused-ring (bicyclic) bond motifs is 1. The van der Waals surface area contributed by atoms with Crippen LogP contribution in [0.5, 0.6) is 5.75 Å². The first-order valence-corrected chi connectivity index (χ1v) is 8.12. The summed E-state index contributed by atoms with van der Waals surface area (Å²) in [5, 5.41) is 2.06. The number of ether oxygens (including phenoxy) is 2. The van der Waals surface area contributed by atoms with E-state index in [0.717, 1.165) is 18.4 Å². The van der Waals surface area contributed by atoms with Crippen molar-refractivity contribution < 1.29 is 14.3 Å². The van der Waals surface area contributed by atoms with Crippen LogP contribution in [0.25, 0.3) is 0 Å². The summed E-state index contributed by atoms with van der Waals surface area (Å²) < 4.78 is 11.3. The summed E-state index contributed by atoms with van der Waals surface area (Å²) in [4.78, 5) is 13.4. The van der Waals surface area contributed by atoms with Gasteiger partial charge < -0.3 is 9.47 Å².